The van der Waals surface area contributed by atoms with Crippen LogP contribution in [-0.4, -0.2) is 43.2 Å². The number of likely N-dealkylation sites (N-methyl/N-ethyl adjacent to an activating group) is 1. The molecule has 3 rings (SSSR count). The van der Waals surface area contributed by atoms with Crippen LogP contribution in [0.4, 0.5) is 13.2 Å². The third kappa shape index (κ3) is 7.02. The summed E-state index contributed by atoms with van der Waals surface area (Å²) < 4.78 is 39.6. The fraction of sp³-hybridized carbons (Fsp3) is 0.320. The second kappa shape index (κ2) is 12.7. The number of alkyl halides is 3. The second-order valence-corrected chi connectivity index (χ2v) is 7.63. The largest absolute Gasteiger partial charge is 0.416 e. The molecule has 4 N–H and O–H groups in total. The maximum absolute atomic E-state index is 13.2. The monoisotopic (exact) mass is 476 g/mol. The minimum atomic E-state index is -4.39. The van der Waals surface area contributed by atoms with Crippen molar-refractivity contribution in [1.29, 1.82) is 0 Å². The fourth-order valence-electron chi connectivity index (χ4n) is 3.71. The molecule has 2 aromatic carbocycles. The smallest absolute Gasteiger partial charge is 0.396 e. The van der Waals surface area contributed by atoms with E-state index in [1.54, 1.807) is 13.1 Å². The van der Waals surface area contributed by atoms with Gasteiger partial charge in [0.25, 0.3) is 0 Å². The molecule has 0 fully saturated rings. The Balaban J connectivity index is 0.00000199. The summed E-state index contributed by atoms with van der Waals surface area (Å²) in [5.41, 5.74) is 2.51. The number of rotatable bonds is 10. The highest BCUT2D eigenvalue weighted by Gasteiger charge is 2.34. The van der Waals surface area contributed by atoms with Gasteiger partial charge in [-0.2, -0.15) is 13.2 Å². The molecule has 1 atom stereocenters. The van der Waals surface area contributed by atoms with E-state index in [2.05, 4.69) is 27.4 Å². The first-order chi connectivity index (χ1) is 16.3. The van der Waals surface area contributed by atoms with E-state index in [0.29, 0.717) is 37.2 Å². The number of nitrogens with one attached hydrogen (secondary N) is 3. The molecule has 1 aliphatic heterocycles. The molecule has 0 bridgehead atoms. The van der Waals surface area contributed by atoms with Crippen LogP contribution in [0, 0.1) is 0 Å². The van der Waals surface area contributed by atoms with Crippen molar-refractivity contribution in [1.82, 2.24) is 20.9 Å². The highest BCUT2D eigenvalue weighted by molar-refractivity contribution is 5.36. The average molecular weight is 477 g/mol. The van der Waals surface area contributed by atoms with E-state index in [-0.39, 0.29) is 12.8 Å². The van der Waals surface area contributed by atoms with E-state index in [1.807, 2.05) is 37.1 Å². The Hall–Kier alpha value is -3.46. The predicted molar refractivity (Wildman–Crippen MR) is 126 cm³/mol. The van der Waals surface area contributed by atoms with Crippen LogP contribution in [0.3, 0.4) is 0 Å². The fourth-order valence-corrected chi connectivity index (χ4v) is 3.71. The quantitative estimate of drug-likeness (QED) is 0.394. The maximum Gasteiger partial charge on any atom is 0.416 e. The summed E-state index contributed by atoms with van der Waals surface area (Å²) in [5, 5.41) is 18.9. The first-order valence-corrected chi connectivity index (χ1v) is 10.8. The molecule has 0 radical (unpaired) electrons. The van der Waals surface area contributed by atoms with E-state index in [9.17, 15) is 13.2 Å². The molecule has 0 saturated carbocycles. The molecular weight excluding hydrogens is 445 g/mol. The first-order valence-electron chi connectivity index (χ1n) is 10.8. The zero-order valence-electron chi connectivity index (χ0n) is 19.2. The van der Waals surface area contributed by atoms with Crippen LogP contribution in [0.15, 0.2) is 78.4 Å². The molecule has 1 heterocycles. The molecule has 0 spiro atoms. The minimum absolute atomic E-state index is 0.0595. The van der Waals surface area contributed by atoms with Gasteiger partial charge in [-0.15, -0.1) is 0 Å². The Labute approximate surface area is 198 Å². The first kappa shape index (κ1) is 26.8. The Morgan fingerprint density at radius 2 is 1.79 bits per heavy atom. The van der Waals surface area contributed by atoms with Gasteiger partial charge in [-0.3, -0.25) is 0 Å². The summed E-state index contributed by atoms with van der Waals surface area (Å²) in [5.74, 6) is 0.741. The third-order valence-corrected chi connectivity index (χ3v) is 5.31. The lowest BCUT2D eigenvalue weighted by molar-refractivity contribution is -0.137. The SMILES string of the molecule is C=C(NC)C1=C(NCCCO)NC(Cc2cccc(C(F)(F)F)c2)N1Cc1ccccc1.C=O. The number of hydrogen-bond acceptors (Lipinski definition) is 6. The van der Waals surface area contributed by atoms with Crippen molar-refractivity contribution in [3.05, 3.63) is 95.1 Å². The molecule has 0 aliphatic carbocycles. The number of carbonyl (C=O) groups excluding carboxylic acids is 1. The van der Waals surface area contributed by atoms with Crippen molar-refractivity contribution >= 4 is 6.79 Å². The molecule has 9 heteroatoms. The standard InChI is InChI=1S/C24H29F3N4O.CH2O/c1-17(28-2)22-23(29-12-7-13-32)30-21(31(22)16-18-8-4-3-5-9-18)15-19-10-6-11-20(14-19)24(25,26)27;1-2/h3-6,8-11,14,21,28-30,32H,1,7,12-13,15-16H2,2H3;1H2. The van der Waals surface area contributed by atoms with Gasteiger partial charge >= 0.3 is 6.18 Å². The molecule has 2 aromatic rings. The van der Waals surface area contributed by atoms with Gasteiger partial charge in [0.15, 0.2) is 0 Å². The van der Waals surface area contributed by atoms with Crippen molar-refractivity contribution in [3.8, 4) is 0 Å². The topological polar surface area (TPSA) is 76.6 Å². The Morgan fingerprint density at radius 1 is 1.12 bits per heavy atom. The molecule has 184 valence electrons. The van der Waals surface area contributed by atoms with Gasteiger partial charge in [0.1, 0.15) is 24.5 Å². The number of nitrogens with zero attached hydrogens (tertiary/aromatic N) is 1. The number of aliphatic hydroxyl groups excluding tert-OH is 1. The minimum Gasteiger partial charge on any atom is -0.396 e. The van der Waals surface area contributed by atoms with Gasteiger partial charge in [-0.25, -0.2) is 0 Å². The van der Waals surface area contributed by atoms with Crippen LogP contribution in [0.25, 0.3) is 0 Å². The van der Waals surface area contributed by atoms with Crippen molar-refractivity contribution < 1.29 is 23.1 Å². The molecule has 1 aliphatic rings. The average Bonchev–Trinajstić information content (AvgIpc) is 3.16. The van der Waals surface area contributed by atoms with E-state index in [4.69, 9.17) is 9.90 Å². The van der Waals surface area contributed by atoms with Crippen LogP contribution in [0.5, 0.6) is 0 Å². The van der Waals surface area contributed by atoms with E-state index in [0.717, 1.165) is 23.1 Å². The summed E-state index contributed by atoms with van der Waals surface area (Å²) in [7, 11) is 1.78. The van der Waals surface area contributed by atoms with Gasteiger partial charge in [0, 0.05) is 33.2 Å². The summed E-state index contributed by atoms with van der Waals surface area (Å²) in [6.45, 7) is 7.29. The van der Waals surface area contributed by atoms with E-state index in [1.165, 1.54) is 12.1 Å². The number of aliphatic hydroxyl groups is 1. The Bertz CT molecular complexity index is 964. The molecule has 0 saturated heterocycles. The maximum atomic E-state index is 13.2. The third-order valence-electron chi connectivity index (χ3n) is 5.31. The zero-order valence-corrected chi connectivity index (χ0v) is 19.2. The highest BCUT2D eigenvalue weighted by Crippen LogP contribution is 2.31. The number of hydrogen-bond donors (Lipinski definition) is 4. The van der Waals surface area contributed by atoms with Gasteiger partial charge in [0.2, 0.25) is 0 Å². The number of carbonyl (C=O) groups is 1. The van der Waals surface area contributed by atoms with Crippen LogP contribution in [-0.2, 0) is 23.9 Å². The van der Waals surface area contributed by atoms with Gasteiger partial charge in [-0.05, 0) is 23.6 Å². The van der Waals surface area contributed by atoms with Gasteiger partial charge in [-0.1, -0.05) is 55.1 Å². The van der Waals surface area contributed by atoms with E-state index < -0.39 is 11.7 Å². The summed E-state index contributed by atoms with van der Waals surface area (Å²) in [4.78, 5) is 10.1. The lowest BCUT2D eigenvalue weighted by Crippen LogP contribution is -2.40. The predicted octanol–water partition coefficient (Wildman–Crippen LogP) is 3.37. The molecule has 34 heavy (non-hydrogen) atoms. The van der Waals surface area contributed by atoms with Crippen LogP contribution >= 0.6 is 0 Å². The zero-order chi connectivity index (χ0) is 25.1. The van der Waals surface area contributed by atoms with Crippen LogP contribution in [0.1, 0.15) is 23.1 Å². The highest BCUT2D eigenvalue weighted by atomic mass is 19.4. The summed E-state index contributed by atoms with van der Waals surface area (Å²) in [6.07, 6.45) is -3.73. The van der Waals surface area contributed by atoms with Crippen molar-refractivity contribution in [3.63, 3.8) is 0 Å². The lowest BCUT2D eigenvalue weighted by atomic mass is 10.1. The van der Waals surface area contributed by atoms with Crippen LogP contribution < -0.4 is 16.0 Å². The summed E-state index contributed by atoms with van der Waals surface area (Å²) >= 11 is 0. The van der Waals surface area contributed by atoms with Gasteiger partial charge < -0.3 is 30.8 Å². The Morgan fingerprint density at radius 3 is 2.41 bits per heavy atom. The molecular formula is C25H31F3N4O2. The number of halogens is 3. The normalized spacial score (nSPS) is 15.3. The van der Waals surface area contributed by atoms with Crippen molar-refractivity contribution in [2.75, 3.05) is 20.2 Å². The van der Waals surface area contributed by atoms with E-state index >= 15 is 0 Å². The molecule has 6 nitrogen and oxygen atoms in total. The second-order valence-electron chi connectivity index (χ2n) is 7.63. The Kier molecular flexibility index (Phi) is 10.0. The molecule has 0 aromatic heterocycles. The van der Waals surface area contributed by atoms with Gasteiger partial charge in [0.05, 0.1) is 11.3 Å². The number of benzene rings is 2. The summed E-state index contributed by atoms with van der Waals surface area (Å²) in [6, 6.07) is 15.3. The molecule has 0 amide bonds. The molecule has 1 unspecified atom stereocenters. The lowest BCUT2D eigenvalue weighted by Gasteiger charge is -2.30. The van der Waals surface area contributed by atoms with Crippen LogP contribution in [0.2, 0.25) is 0 Å². The van der Waals surface area contributed by atoms with Crippen molar-refractivity contribution in [2.45, 2.75) is 31.7 Å². The van der Waals surface area contributed by atoms with Crippen molar-refractivity contribution in [2.24, 2.45) is 0 Å².